The largest absolute Gasteiger partial charge is 0.326 e. The molecule has 0 spiro atoms. The summed E-state index contributed by atoms with van der Waals surface area (Å²) in [6.07, 6.45) is 3.25. The summed E-state index contributed by atoms with van der Waals surface area (Å²) >= 11 is 0. The molecule has 1 aromatic heterocycles. The van der Waals surface area contributed by atoms with Crippen molar-refractivity contribution in [3.8, 4) is 0 Å². The fourth-order valence-corrected chi connectivity index (χ4v) is 2.38. The molecule has 0 aliphatic carbocycles. The van der Waals surface area contributed by atoms with Crippen molar-refractivity contribution in [3.63, 3.8) is 0 Å². The summed E-state index contributed by atoms with van der Waals surface area (Å²) in [4.78, 5) is 11.9. The zero-order valence-corrected chi connectivity index (χ0v) is 12.0. The highest BCUT2D eigenvalue weighted by Crippen LogP contribution is 2.17. The second-order valence-electron chi connectivity index (χ2n) is 5.17. The molecule has 3 aromatic rings. The van der Waals surface area contributed by atoms with Crippen LogP contribution in [-0.2, 0) is 11.2 Å². The molecule has 22 heavy (non-hydrogen) atoms. The van der Waals surface area contributed by atoms with E-state index in [1.54, 1.807) is 24.4 Å². The average Bonchev–Trinajstić information content (AvgIpc) is 2.97. The SMILES string of the molecule is O=C(CCCc1ccccc1F)Nc1ccc2cn[nH]c2c1. The van der Waals surface area contributed by atoms with E-state index < -0.39 is 0 Å². The summed E-state index contributed by atoms with van der Waals surface area (Å²) in [5, 5.41) is 10.6. The maximum atomic E-state index is 13.5. The van der Waals surface area contributed by atoms with Gasteiger partial charge in [0, 0.05) is 17.5 Å². The molecule has 2 N–H and O–H groups in total. The van der Waals surface area contributed by atoms with Crippen LogP contribution in [-0.4, -0.2) is 16.1 Å². The van der Waals surface area contributed by atoms with Gasteiger partial charge in [-0.25, -0.2) is 4.39 Å². The van der Waals surface area contributed by atoms with E-state index in [-0.39, 0.29) is 11.7 Å². The lowest BCUT2D eigenvalue weighted by Gasteiger charge is -2.06. The van der Waals surface area contributed by atoms with Crippen LogP contribution >= 0.6 is 0 Å². The summed E-state index contributed by atoms with van der Waals surface area (Å²) in [6, 6.07) is 12.2. The van der Waals surface area contributed by atoms with Crippen molar-refractivity contribution in [1.82, 2.24) is 10.2 Å². The Morgan fingerprint density at radius 1 is 1.23 bits per heavy atom. The molecule has 112 valence electrons. The molecule has 1 amide bonds. The molecule has 0 fully saturated rings. The lowest BCUT2D eigenvalue weighted by Crippen LogP contribution is -2.11. The van der Waals surface area contributed by atoms with E-state index in [1.807, 2.05) is 18.2 Å². The Balaban J connectivity index is 1.53. The molecule has 0 saturated carbocycles. The van der Waals surface area contributed by atoms with Gasteiger partial charge in [-0.15, -0.1) is 0 Å². The van der Waals surface area contributed by atoms with Crippen molar-refractivity contribution < 1.29 is 9.18 Å². The first-order chi connectivity index (χ1) is 10.7. The molecule has 0 unspecified atom stereocenters. The van der Waals surface area contributed by atoms with Crippen molar-refractivity contribution in [2.75, 3.05) is 5.32 Å². The first-order valence-corrected chi connectivity index (χ1v) is 7.19. The van der Waals surface area contributed by atoms with Crippen LogP contribution in [0.3, 0.4) is 0 Å². The number of hydrogen-bond donors (Lipinski definition) is 2. The number of anilines is 1. The number of nitrogens with one attached hydrogen (secondary N) is 2. The van der Waals surface area contributed by atoms with Crippen molar-refractivity contribution in [2.24, 2.45) is 0 Å². The van der Waals surface area contributed by atoms with Gasteiger partial charge >= 0.3 is 0 Å². The summed E-state index contributed by atoms with van der Waals surface area (Å²) in [5.74, 6) is -0.289. The fourth-order valence-electron chi connectivity index (χ4n) is 2.38. The van der Waals surface area contributed by atoms with E-state index in [9.17, 15) is 9.18 Å². The van der Waals surface area contributed by atoms with Gasteiger partial charge in [-0.05, 0) is 42.7 Å². The van der Waals surface area contributed by atoms with E-state index in [2.05, 4.69) is 15.5 Å². The standard InChI is InChI=1S/C17H16FN3O/c18-15-6-2-1-4-12(15)5-3-7-17(22)20-14-9-8-13-11-19-21-16(13)10-14/h1-2,4,6,8-11H,3,5,7H2,(H,19,21)(H,20,22). The molecule has 0 bridgehead atoms. The Hall–Kier alpha value is -2.69. The fraction of sp³-hybridized carbons (Fsp3) is 0.176. The summed E-state index contributed by atoms with van der Waals surface area (Å²) < 4.78 is 13.5. The molecule has 3 rings (SSSR count). The number of amides is 1. The number of fused-ring (bicyclic) bond motifs is 1. The molecule has 0 atom stereocenters. The van der Waals surface area contributed by atoms with Crippen molar-refractivity contribution in [1.29, 1.82) is 0 Å². The van der Waals surface area contributed by atoms with Crippen LogP contribution in [0.2, 0.25) is 0 Å². The van der Waals surface area contributed by atoms with Crippen LogP contribution in [0.1, 0.15) is 18.4 Å². The topological polar surface area (TPSA) is 57.8 Å². The van der Waals surface area contributed by atoms with Gasteiger partial charge in [-0.3, -0.25) is 9.89 Å². The van der Waals surface area contributed by atoms with E-state index in [0.717, 1.165) is 16.6 Å². The lowest BCUT2D eigenvalue weighted by atomic mass is 10.1. The summed E-state index contributed by atoms with van der Waals surface area (Å²) in [6.45, 7) is 0. The Morgan fingerprint density at radius 2 is 2.09 bits per heavy atom. The highest BCUT2D eigenvalue weighted by Gasteiger charge is 2.06. The predicted molar refractivity (Wildman–Crippen MR) is 84.1 cm³/mol. The number of hydrogen-bond acceptors (Lipinski definition) is 2. The van der Waals surface area contributed by atoms with Gasteiger partial charge in [0.1, 0.15) is 5.82 Å². The lowest BCUT2D eigenvalue weighted by molar-refractivity contribution is -0.116. The Labute approximate surface area is 127 Å². The molecule has 4 nitrogen and oxygen atoms in total. The first-order valence-electron chi connectivity index (χ1n) is 7.19. The van der Waals surface area contributed by atoms with Gasteiger partial charge in [0.05, 0.1) is 11.7 Å². The van der Waals surface area contributed by atoms with Gasteiger partial charge in [-0.1, -0.05) is 18.2 Å². The number of aromatic nitrogens is 2. The van der Waals surface area contributed by atoms with Crippen molar-refractivity contribution >= 4 is 22.5 Å². The number of rotatable bonds is 5. The average molecular weight is 297 g/mol. The highest BCUT2D eigenvalue weighted by molar-refractivity contribution is 5.93. The number of benzene rings is 2. The third-order valence-electron chi connectivity index (χ3n) is 3.53. The maximum absolute atomic E-state index is 13.5. The molecular formula is C17H16FN3O. The number of nitrogens with zero attached hydrogens (tertiary/aromatic N) is 1. The first kappa shape index (κ1) is 14.3. The van der Waals surface area contributed by atoms with Crippen LogP contribution in [0.15, 0.2) is 48.7 Å². The van der Waals surface area contributed by atoms with Gasteiger partial charge in [0.2, 0.25) is 5.91 Å². The smallest absolute Gasteiger partial charge is 0.224 e. The maximum Gasteiger partial charge on any atom is 0.224 e. The molecule has 2 aromatic carbocycles. The van der Waals surface area contributed by atoms with Gasteiger partial charge in [-0.2, -0.15) is 5.10 Å². The zero-order chi connectivity index (χ0) is 15.4. The normalized spacial score (nSPS) is 10.8. The Morgan fingerprint density at radius 3 is 2.95 bits per heavy atom. The van der Waals surface area contributed by atoms with Crippen molar-refractivity contribution in [3.05, 3.63) is 60.0 Å². The zero-order valence-electron chi connectivity index (χ0n) is 12.0. The molecule has 1 heterocycles. The number of aromatic amines is 1. The quantitative estimate of drug-likeness (QED) is 0.755. The number of aryl methyl sites for hydroxylation is 1. The van der Waals surface area contributed by atoms with E-state index in [4.69, 9.17) is 0 Å². The summed E-state index contributed by atoms with van der Waals surface area (Å²) in [5.41, 5.74) is 2.26. The molecule has 0 aliphatic rings. The van der Waals surface area contributed by atoms with Crippen LogP contribution < -0.4 is 5.32 Å². The van der Waals surface area contributed by atoms with E-state index in [0.29, 0.717) is 24.8 Å². The molecule has 0 aliphatic heterocycles. The Bertz CT molecular complexity index is 797. The number of H-pyrrole nitrogens is 1. The van der Waals surface area contributed by atoms with Crippen LogP contribution in [0.5, 0.6) is 0 Å². The second-order valence-corrected chi connectivity index (χ2v) is 5.17. The Kier molecular flexibility index (Phi) is 4.14. The number of halogens is 1. The third-order valence-corrected chi connectivity index (χ3v) is 3.53. The second kappa shape index (κ2) is 6.39. The van der Waals surface area contributed by atoms with Crippen molar-refractivity contribution in [2.45, 2.75) is 19.3 Å². The van der Waals surface area contributed by atoms with E-state index >= 15 is 0 Å². The highest BCUT2D eigenvalue weighted by atomic mass is 19.1. The van der Waals surface area contributed by atoms with Gasteiger partial charge in [0.25, 0.3) is 0 Å². The minimum atomic E-state index is -0.215. The van der Waals surface area contributed by atoms with Crippen LogP contribution in [0.4, 0.5) is 10.1 Å². The minimum Gasteiger partial charge on any atom is -0.326 e. The minimum absolute atomic E-state index is 0.0739. The van der Waals surface area contributed by atoms with E-state index in [1.165, 1.54) is 6.07 Å². The number of carbonyl (C=O) groups is 1. The third kappa shape index (κ3) is 3.31. The van der Waals surface area contributed by atoms with Crippen LogP contribution in [0, 0.1) is 5.82 Å². The molecule has 5 heteroatoms. The molecule has 0 saturated heterocycles. The predicted octanol–water partition coefficient (Wildman–Crippen LogP) is 3.66. The molecular weight excluding hydrogens is 281 g/mol. The van der Waals surface area contributed by atoms with Crippen LogP contribution in [0.25, 0.3) is 10.9 Å². The monoisotopic (exact) mass is 297 g/mol. The van der Waals surface area contributed by atoms with Gasteiger partial charge in [0.15, 0.2) is 0 Å². The van der Waals surface area contributed by atoms with Gasteiger partial charge < -0.3 is 5.32 Å². The number of carbonyl (C=O) groups excluding carboxylic acids is 1. The molecule has 0 radical (unpaired) electrons. The summed E-state index contributed by atoms with van der Waals surface area (Å²) in [7, 11) is 0.